The van der Waals surface area contributed by atoms with E-state index in [1.165, 1.54) is 23.1 Å². The molecule has 0 N–H and O–H groups in total. The van der Waals surface area contributed by atoms with E-state index in [1.54, 1.807) is 50.2 Å². The van der Waals surface area contributed by atoms with Crippen LogP contribution in [0.4, 0.5) is 10.1 Å². The van der Waals surface area contributed by atoms with Crippen LogP contribution in [0.1, 0.15) is 25.8 Å². The van der Waals surface area contributed by atoms with Crippen LogP contribution in [0.3, 0.4) is 0 Å². The van der Waals surface area contributed by atoms with Crippen molar-refractivity contribution in [3.05, 3.63) is 66.0 Å². The first kappa shape index (κ1) is 17.7. The zero-order chi connectivity index (χ0) is 17.1. The summed E-state index contributed by atoms with van der Waals surface area (Å²) >= 11 is 0. The Morgan fingerprint density at radius 3 is 2.22 bits per heavy atom. The SMILES string of the molecule is CCN(c1cccc(F)c1)C(CC)(c1ccccc1)P(=O)([O-])[O-]. The highest BCUT2D eigenvalue weighted by Crippen LogP contribution is 2.56. The summed E-state index contributed by atoms with van der Waals surface area (Å²) < 4.78 is 25.9. The van der Waals surface area contributed by atoms with Crippen molar-refractivity contribution in [2.75, 3.05) is 11.4 Å². The number of hydrogen-bond acceptors (Lipinski definition) is 4. The second kappa shape index (κ2) is 6.83. The maximum absolute atomic E-state index is 13.6. The van der Waals surface area contributed by atoms with Crippen LogP contribution in [0, 0.1) is 5.82 Å². The van der Waals surface area contributed by atoms with Gasteiger partial charge in [-0.1, -0.05) is 43.3 Å². The summed E-state index contributed by atoms with van der Waals surface area (Å²) in [5.74, 6) is -0.481. The normalized spacial score (nSPS) is 14.3. The van der Waals surface area contributed by atoms with E-state index in [1.807, 2.05) is 0 Å². The molecular weight excluding hydrogens is 316 g/mol. The van der Waals surface area contributed by atoms with Crippen LogP contribution in [-0.4, -0.2) is 6.54 Å². The predicted octanol–water partition coefficient (Wildman–Crippen LogP) is 2.83. The second-order valence-electron chi connectivity index (χ2n) is 5.26. The summed E-state index contributed by atoms with van der Waals surface area (Å²) in [6.07, 6.45) is 0.0612. The van der Waals surface area contributed by atoms with Gasteiger partial charge in [0.25, 0.3) is 0 Å². The van der Waals surface area contributed by atoms with Crippen molar-refractivity contribution >= 4 is 13.3 Å². The van der Waals surface area contributed by atoms with Gasteiger partial charge in [0, 0.05) is 12.2 Å². The molecule has 0 saturated heterocycles. The molecule has 6 heteroatoms. The first-order valence-electron chi connectivity index (χ1n) is 7.47. The molecule has 0 aliphatic carbocycles. The monoisotopic (exact) mass is 335 g/mol. The van der Waals surface area contributed by atoms with Crippen molar-refractivity contribution in [3.63, 3.8) is 0 Å². The average Bonchev–Trinajstić information content (AvgIpc) is 2.52. The molecule has 0 spiro atoms. The summed E-state index contributed by atoms with van der Waals surface area (Å²) in [5, 5.41) is -1.75. The van der Waals surface area contributed by atoms with Crippen molar-refractivity contribution in [1.82, 2.24) is 0 Å². The van der Waals surface area contributed by atoms with Crippen LogP contribution >= 0.6 is 7.60 Å². The van der Waals surface area contributed by atoms with Crippen LogP contribution in [0.2, 0.25) is 0 Å². The molecule has 0 aromatic heterocycles. The fraction of sp³-hybridized carbons (Fsp3) is 0.294. The van der Waals surface area contributed by atoms with Crippen LogP contribution in [0.25, 0.3) is 0 Å². The number of nitrogens with zero attached hydrogens (tertiary/aromatic N) is 1. The summed E-state index contributed by atoms with van der Waals surface area (Å²) in [7, 11) is -5.08. The Kier molecular flexibility index (Phi) is 5.25. The molecule has 1 unspecified atom stereocenters. The van der Waals surface area contributed by atoms with Gasteiger partial charge >= 0.3 is 0 Å². The Hall–Kier alpha value is -1.68. The molecule has 0 heterocycles. The van der Waals surface area contributed by atoms with E-state index in [4.69, 9.17) is 0 Å². The Bertz CT molecular complexity index is 704. The topological polar surface area (TPSA) is 66.4 Å². The third-order valence-electron chi connectivity index (χ3n) is 4.06. The number of halogens is 1. The molecule has 0 fully saturated rings. The first-order chi connectivity index (χ1) is 10.9. The number of rotatable bonds is 6. The highest BCUT2D eigenvalue weighted by Gasteiger charge is 2.40. The van der Waals surface area contributed by atoms with Gasteiger partial charge < -0.3 is 19.3 Å². The van der Waals surface area contributed by atoms with Crippen LogP contribution in [0.15, 0.2) is 54.6 Å². The van der Waals surface area contributed by atoms with Gasteiger partial charge in [0.15, 0.2) is 0 Å². The lowest BCUT2D eigenvalue weighted by molar-refractivity contribution is -0.321. The van der Waals surface area contributed by atoms with E-state index in [2.05, 4.69) is 0 Å². The molecular formula is C17H19FNO3P-2. The fourth-order valence-electron chi connectivity index (χ4n) is 3.06. The Balaban J connectivity index is 2.72. The summed E-state index contributed by atoms with van der Waals surface area (Å²) in [6, 6.07) is 14.0. The molecule has 2 rings (SSSR count). The molecule has 1 atom stereocenters. The van der Waals surface area contributed by atoms with Crippen molar-refractivity contribution < 1.29 is 18.7 Å². The molecule has 4 nitrogen and oxygen atoms in total. The molecule has 0 aliphatic heterocycles. The highest BCUT2D eigenvalue weighted by atomic mass is 31.2. The highest BCUT2D eigenvalue weighted by molar-refractivity contribution is 7.50. The predicted molar refractivity (Wildman–Crippen MR) is 85.4 cm³/mol. The molecule has 0 bridgehead atoms. The van der Waals surface area contributed by atoms with E-state index in [0.29, 0.717) is 11.3 Å². The number of anilines is 1. The van der Waals surface area contributed by atoms with Gasteiger partial charge in [0.1, 0.15) is 5.82 Å². The fourth-order valence-corrected chi connectivity index (χ4v) is 4.46. The van der Waals surface area contributed by atoms with E-state index in [9.17, 15) is 18.7 Å². The smallest absolute Gasteiger partial charge is 0.125 e. The van der Waals surface area contributed by atoms with E-state index < -0.39 is 18.7 Å². The zero-order valence-electron chi connectivity index (χ0n) is 13.1. The van der Waals surface area contributed by atoms with E-state index in [-0.39, 0.29) is 13.0 Å². The lowest BCUT2D eigenvalue weighted by Crippen LogP contribution is -2.51. The van der Waals surface area contributed by atoms with Crippen LogP contribution in [-0.2, 0) is 9.85 Å². The van der Waals surface area contributed by atoms with Gasteiger partial charge in [-0.2, -0.15) is 0 Å². The summed E-state index contributed by atoms with van der Waals surface area (Å²) in [5.41, 5.74) is 0.757. The lowest BCUT2D eigenvalue weighted by atomic mass is 10.0. The molecule has 0 saturated carbocycles. The van der Waals surface area contributed by atoms with Crippen molar-refractivity contribution in [2.45, 2.75) is 25.5 Å². The second-order valence-corrected chi connectivity index (χ2v) is 6.99. The van der Waals surface area contributed by atoms with Crippen molar-refractivity contribution in [1.29, 1.82) is 0 Å². The molecule has 0 aliphatic rings. The molecule has 2 aromatic carbocycles. The standard InChI is InChI=1S/C17H21FNO3P/c1-3-17(23(20,21)22,14-9-6-5-7-10-14)19(4-2)16-12-8-11-15(18)13-16/h5-13H,3-4H2,1-2H3,(H2,20,21,22)/p-2. The third kappa shape index (κ3) is 3.18. The van der Waals surface area contributed by atoms with Gasteiger partial charge in [-0.3, -0.25) is 0 Å². The maximum atomic E-state index is 13.6. The Labute approximate surface area is 135 Å². The minimum atomic E-state index is -5.08. The largest absolute Gasteiger partial charge is 0.809 e. The zero-order valence-corrected chi connectivity index (χ0v) is 14.0. The maximum Gasteiger partial charge on any atom is 0.125 e. The first-order valence-corrected chi connectivity index (χ1v) is 9.02. The Morgan fingerprint density at radius 1 is 1.09 bits per heavy atom. The van der Waals surface area contributed by atoms with Gasteiger partial charge in [-0.05, 0) is 44.7 Å². The number of hydrogen-bond donors (Lipinski definition) is 0. The van der Waals surface area contributed by atoms with E-state index >= 15 is 0 Å². The molecule has 2 aromatic rings. The molecule has 23 heavy (non-hydrogen) atoms. The molecule has 0 radical (unpaired) electrons. The summed E-state index contributed by atoms with van der Waals surface area (Å²) in [6.45, 7) is 3.64. The van der Waals surface area contributed by atoms with Crippen molar-refractivity contribution in [2.24, 2.45) is 0 Å². The molecule has 0 amide bonds. The van der Waals surface area contributed by atoms with Gasteiger partial charge in [-0.25, -0.2) is 4.39 Å². The quantitative estimate of drug-likeness (QED) is 0.762. The van der Waals surface area contributed by atoms with Crippen molar-refractivity contribution in [3.8, 4) is 0 Å². The lowest BCUT2D eigenvalue weighted by Gasteiger charge is -2.56. The van der Waals surface area contributed by atoms with Gasteiger partial charge in [-0.15, -0.1) is 0 Å². The Morgan fingerprint density at radius 2 is 1.74 bits per heavy atom. The number of benzene rings is 2. The van der Waals surface area contributed by atoms with Crippen LogP contribution in [0.5, 0.6) is 0 Å². The minimum Gasteiger partial charge on any atom is -0.809 e. The average molecular weight is 335 g/mol. The summed E-state index contributed by atoms with van der Waals surface area (Å²) in [4.78, 5) is 26.0. The minimum absolute atomic E-state index is 0.0612. The third-order valence-corrected chi connectivity index (χ3v) is 5.79. The van der Waals surface area contributed by atoms with Gasteiger partial charge in [0.05, 0.1) is 5.28 Å². The molecule has 124 valence electrons. The van der Waals surface area contributed by atoms with E-state index in [0.717, 1.165) is 0 Å². The van der Waals surface area contributed by atoms with Crippen LogP contribution < -0.4 is 14.7 Å². The van der Waals surface area contributed by atoms with Gasteiger partial charge in [0.2, 0.25) is 0 Å².